The van der Waals surface area contributed by atoms with Crippen LogP contribution in [-0.2, 0) is 22.5 Å². The number of nitrogens with one attached hydrogen (secondary N) is 1. The van der Waals surface area contributed by atoms with Crippen LogP contribution in [-0.4, -0.2) is 18.2 Å². The summed E-state index contributed by atoms with van der Waals surface area (Å²) in [7, 11) is 0. The lowest BCUT2D eigenvalue weighted by Crippen LogP contribution is -2.37. The van der Waals surface area contributed by atoms with Crippen molar-refractivity contribution in [2.24, 2.45) is 0 Å². The SMILES string of the molecule is CCOC(=O)c1cc2c([nH+]c1N)CC(C)(C)OC2. The van der Waals surface area contributed by atoms with Crippen LogP contribution in [0.2, 0.25) is 0 Å². The van der Waals surface area contributed by atoms with E-state index in [4.69, 9.17) is 15.2 Å². The summed E-state index contributed by atoms with van der Waals surface area (Å²) in [6.07, 6.45) is 0.746. The number of H-pyrrole nitrogens is 1. The van der Waals surface area contributed by atoms with Crippen molar-refractivity contribution in [2.45, 2.75) is 39.4 Å². The quantitative estimate of drug-likeness (QED) is 0.799. The molecule has 1 aromatic rings. The van der Waals surface area contributed by atoms with Gasteiger partial charge in [-0.3, -0.25) is 5.73 Å². The van der Waals surface area contributed by atoms with Gasteiger partial charge in [-0.2, -0.15) is 0 Å². The Morgan fingerprint density at radius 3 is 3.00 bits per heavy atom. The van der Waals surface area contributed by atoms with Crippen molar-refractivity contribution in [3.05, 3.63) is 22.9 Å². The van der Waals surface area contributed by atoms with E-state index >= 15 is 0 Å². The smallest absolute Gasteiger partial charge is 0.346 e. The number of carbonyl (C=O) groups is 1. The predicted octanol–water partition coefficient (Wildman–Crippen LogP) is 1.11. The topological polar surface area (TPSA) is 75.7 Å². The first-order valence-corrected chi connectivity index (χ1v) is 6.07. The second-order valence-corrected chi connectivity index (χ2v) is 5.05. The molecular weight excluding hydrogens is 232 g/mol. The Balaban J connectivity index is 2.35. The maximum atomic E-state index is 11.7. The molecule has 0 aliphatic carbocycles. The lowest BCUT2D eigenvalue weighted by molar-refractivity contribution is -0.380. The molecule has 18 heavy (non-hydrogen) atoms. The van der Waals surface area contributed by atoms with E-state index in [-0.39, 0.29) is 5.60 Å². The average Bonchev–Trinajstić information content (AvgIpc) is 2.27. The van der Waals surface area contributed by atoms with Gasteiger partial charge in [-0.15, -0.1) is 0 Å². The number of pyridine rings is 1. The standard InChI is InChI=1S/C13H18N2O3/c1-4-17-12(16)9-5-8-7-18-13(2,3)6-10(8)15-11(9)14/h5H,4,6-7H2,1-3H3,(H2,14,15)/p+1. The zero-order valence-corrected chi connectivity index (χ0v) is 11.0. The average molecular weight is 251 g/mol. The maximum absolute atomic E-state index is 11.7. The minimum absolute atomic E-state index is 0.207. The molecule has 0 radical (unpaired) electrons. The first-order valence-electron chi connectivity index (χ1n) is 6.07. The summed E-state index contributed by atoms with van der Waals surface area (Å²) in [6, 6.07) is 1.76. The van der Waals surface area contributed by atoms with Crippen LogP contribution in [0.25, 0.3) is 0 Å². The number of esters is 1. The van der Waals surface area contributed by atoms with Gasteiger partial charge in [0.25, 0.3) is 5.82 Å². The molecule has 0 saturated carbocycles. The first kappa shape index (κ1) is 12.8. The summed E-state index contributed by atoms with van der Waals surface area (Å²) in [4.78, 5) is 14.8. The predicted molar refractivity (Wildman–Crippen MR) is 65.9 cm³/mol. The van der Waals surface area contributed by atoms with Crippen LogP contribution in [0.15, 0.2) is 6.07 Å². The Labute approximate surface area is 106 Å². The maximum Gasteiger partial charge on any atom is 0.346 e. The summed E-state index contributed by atoms with van der Waals surface area (Å²) in [5.74, 6) is -0.0521. The zero-order valence-electron chi connectivity index (χ0n) is 11.0. The fourth-order valence-electron chi connectivity index (χ4n) is 2.06. The van der Waals surface area contributed by atoms with Gasteiger partial charge >= 0.3 is 5.97 Å². The van der Waals surface area contributed by atoms with Crippen LogP contribution >= 0.6 is 0 Å². The van der Waals surface area contributed by atoms with Crippen molar-refractivity contribution in [1.29, 1.82) is 0 Å². The molecule has 0 aromatic carbocycles. The number of nitrogens with two attached hydrogens (primary N) is 1. The highest BCUT2D eigenvalue weighted by atomic mass is 16.5. The van der Waals surface area contributed by atoms with E-state index in [1.807, 2.05) is 13.8 Å². The van der Waals surface area contributed by atoms with E-state index in [1.165, 1.54) is 0 Å². The van der Waals surface area contributed by atoms with Gasteiger partial charge in [0, 0.05) is 12.0 Å². The van der Waals surface area contributed by atoms with Gasteiger partial charge in [0.2, 0.25) is 0 Å². The van der Waals surface area contributed by atoms with Gasteiger partial charge in [-0.05, 0) is 26.8 Å². The van der Waals surface area contributed by atoms with Gasteiger partial charge in [-0.25, -0.2) is 9.78 Å². The first-order chi connectivity index (χ1) is 8.43. The van der Waals surface area contributed by atoms with Crippen LogP contribution in [0.4, 0.5) is 5.82 Å². The minimum Gasteiger partial charge on any atom is -0.462 e. The molecule has 0 spiro atoms. The molecule has 0 saturated heterocycles. The van der Waals surface area contributed by atoms with Gasteiger partial charge < -0.3 is 9.47 Å². The van der Waals surface area contributed by atoms with Crippen LogP contribution in [0.5, 0.6) is 0 Å². The normalized spacial score (nSPS) is 17.1. The third-order valence-corrected chi connectivity index (χ3v) is 3.00. The third-order valence-electron chi connectivity index (χ3n) is 3.00. The molecule has 5 heteroatoms. The Kier molecular flexibility index (Phi) is 3.26. The number of ether oxygens (including phenoxy) is 2. The molecule has 0 bridgehead atoms. The minimum atomic E-state index is -0.404. The molecule has 98 valence electrons. The molecule has 2 rings (SSSR count). The molecule has 0 fully saturated rings. The number of hydrogen-bond acceptors (Lipinski definition) is 4. The van der Waals surface area contributed by atoms with Crippen LogP contribution < -0.4 is 10.7 Å². The highest BCUT2D eigenvalue weighted by molar-refractivity contribution is 5.93. The van der Waals surface area contributed by atoms with Crippen molar-refractivity contribution in [1.82, 2.24) is 0 Å². The summed E-state index contributed by atoms with van der Waals surface area (Å²) in [5, 5.41) is 0. The van der Waals surface area contributed by atoms with Crippen molar-refractivity contribution >= 4 is 11.8 Å². The van der Waals surface area contributed by atoms with Gasteiger partial charge in [0.05, 0.1) is 18.8 Å². The lowest BCUT2D eigenvalue weighted by Gasteiger charge is -2.30. The number of fused-ring (bicyclic) bond motifs is 1. The van der Waals surface area contributed by atoms with Crippen molar-refractivity contribution in [3.63, 3.8) is 0 Å². The second kappa shape index (κ2) is 4.57. The fourth-order valence-corrected chi connectivity index (χ4v) is 2.06. The zero-order chi connectivity index (χ0) is 13.3. The molecule has 0 unspecified atom stereocenters. The lowest BCUT2D eigenvalue weighted by atomic mass is 9.95. The molecule has 1 aromatic heterocycles. The van der Waals surface area contributed by atoms with E-state index in [0.717, 1.165) is 17.7 Å². The molecule has 5 nitrogen and oxygen atoms in total. The van der Waals surface area contributed by atoms with Gasteiger partial charge in [0.1, 0.15) is 11.3 Å². The van der Waals surface area contributed by atoms with Crippen LogP contribution in [0, 0.1) is 0 Å². The largest absolute Gasteiger partial charge is 0.462 e. The number of hydrogen-bond donors (Lipinski definition) is 1. The molecule has 0 amide bonds. The summed E-state index contributed by atoms with van der Waals surface area (Å²) >= 11 is 0. The van der Waals surface area contributed by atoms with E-state index in [2.05, 4.69) is 4.98 Å². The van der Waals surface area contributed by atoms with Gasteiger partial charge in [-0.1, -0.05) is 0 Å². The highest BCUT2D eigenvalue weighted by Gasteiger charge is 2.30. The van der Waals surface area contributed by atoms with Crippen molar-refractivity contribution in [3.8, 4) is 0 Å². The second-order valence-electron chi connectivity index (χ2n) is 5.05. The van der Waals surface area contributed by atoms with E-state index < -0.39 is 5.97 Å². The third kappa shape index (κ3) is 2.46. The van der Waals surface area contributed by atoms with Crippen LogP contribution in [0.3, 0.4) is 0 Å². The summed E-state index contributed by atoms with van der Waals surface area (Å²) in [6.45, 7) is 6.63. The molecular formula is C13H19N2O3+. The number of carbonyl (C=O) groups excluding carboxylic acids is 1. The number of anilines is 1. The Morgan fingerprint density at radius 2 is 2.33 bits per heavy atom. The highest BCUT2D eigenvalue weighted by Crippen LogP contribution is 2.26. The van der Waals surface area contributed by atoms with E-state index in [0.29, 0.717) is 24.6 Å². The Bertz CT molecular complexity index is 483. The molecule has 3 N–H and O–H groups in total. The number of aromatic nitrogens is 1. The number of nitrogen functional groups attached to an aromatic ring is 1. The monoisotopic (exact) mass is 251 g/mol. The Morgan fingerprint density at radius 1 is 1.61 bits per heavy atom. The molecule has 1 aliphatic heterocycles. The molecule has 1 aliphatic rings. The number of rotatable bonds is 2. The van der Waals surface area contributed by atoms with Crippen molar-refractivity contribution in [2.75, 3.05) is 12.3 Å². The van der Waals surface area contributed by atoms with Crippen LogP contribution in [0.1, 0.15) is 42.4 Å². The fraction of sp³-hybridized carbons (Fsp3) is 0.538. The Hall–Kier alpha value is -1.62. The number of aromatic amines is 1. The molecule has 0 atom stereocenters. The van der Waals surface area contributed by atoms with E-state index in [9.17, 15) is 4.79 Å². The van der Waals surface area contributed by atoms with Crippen molar-refractivity contribution < 1.29 is 19.3 Å². The summed E-state index contributed by atoms with van der Waals surface area (Å²) < 4.78 is 10.7. The molecule has 2 heterocycles. The van der Waals surface area contributed by atoms with E-state index in [1.54, 1.807) is 13.0 Å². The van der Waals surface area contributed by atoms with Gasteiger partial charge in [0.15, 0.2) is 0 Å². The summed E-state index contributed by atoms with van der Waals surface area (Å²) in [5.41, 5.74) is 8.02.